The number of hydrogen-bond donors (Lipinski definition) is 2. The highest BCUT2D eigenvalue weighted by atomic mass is 16.5. The van der Waals surface area contributed by atoms with Gasteiger partial charge in [0.1, 0.15) is 0 Å². The van der Waals surface area contributed by atoms with Crippen molar-refractivity contribution >= 4 is 11.8 Å². The van der Waals surface area contributed by atoms with Crippen LogP contribution in [0.4, 0.5) is 0 Å². The maximum absolute atomic E-state index is 11.5. The van der Waals surface area contributed by atoms with Crippen molar-refractivity contribution in [2.45, 2.75) is 32.7 Å². The number of nitrogens with zero attached hydrogens (tertiary/aromatic N) is 1. The number of morpholine rings is 1. The van der Waals surface area contributed by atoms with Gasteiger partial charge in [0.05, 0.1) is 13.2 Å². The van der Waals surface area contributed by atoms with Gasteiger partial charge in [-0.3, -0.25) is 14.5 Å². The van der Waals surface area contributed by atoms with Crippen LogP contribution < -0.4 is 10.6 Å². The third-order valence-electron chi connectivity index (χ3n) is 3.24. The first-order valence-corrected chi connectivity index (χ1v) is 7.02. The van der Waals surface area contributed by atoms with Crippen LogP contribution in [-0.4, -0.2) is 62.1 Å². The molecule has 2 amide bonds. The Morgan fingerprint density at radius 2 is 1.95 bits per heavy atom. The lowest BCUT2D eigenvalue weighted by molar-refractivity contribution is -0.139. The van der Waals surface area contributed by atoms with Crippen molar-refractivity contribution in [3.63, 3.8) is 0 Å². The molecule has 1 heterocycles. The molecule has 0 radical (unpaired) electrons. The van der Waals surface area contributed by atoms with Gasteiger partial charge in [0.2, 0.25) is 0 Å². The average Bonchev–Trinajstić information content (AvgIpc) is 2.44. The van der Waals surface area contributed by atoms with E-state index >= 15 is 0 Å². The van der Waals surface area contributed by atoms with Gasteiger partial charge in [-0.1, -0.05) is 6.92 Å². The number of amides is 2. The topological polar surface area (TPSA) is 70.7 Å². The van der Waals surface area contributed by atoms with Gasteiger partial charge < -0.3 is 15.4 Å². The van der Waals surface area contributed by atoms with E-state index in [9.17, 15) is 9.59 Å². The minimum absolute atomic E-state index is 0.0339. The van der Waals surface area contributed by atoms with Crippen molar-refractivity contribution in [3.05, 3.63) is 0 Å². The van der Waals surface area contributed by atoms with Crippen molar-refractivity contribution in [3.8, 4) is 0 Å². The molecular weight excluding hydrogens is 246 g/mol. The number of ether oxygens (including phenoxy) is 1. The van der Waals surface area contributed by atoms with Crippen LogP contribution >= 0.6 is 0 Å². The molecule has 0 aliphatic carbocycles. The van der Waals surface area contributed by atoms with Crippen molar-refractivity contribution in [1.82, 2.24) is 15.5 Å². The quantitative estimate of drug-likeness (QED) is 0.516. The molecule has 0 aromatic rings. The second kappa shape index (κ2) is 8.87. The van der Waals surface area contributed by atoms with E-state index in [1.807, 2.05) is 13.8 Å². The minimum atomic E-state index is -0.541. The summed E-state index contributed by atoms with van der Waals surface area (Å²) in [5.74, 6) is -1.08. The van der Waals surface area contributed by atoms with Crippen molar-refractivity contribution in [2.24, 2.45) is 0 Å². The Labute approximate surface area is 114 Å². The van der Waals surface area contributed by atoms with Crippen molar-refractivity contribution < 1.29 is 14.3 Å². The number of carbonyl (C=O) groups excluding carboxylic acids is 2. The van der Waals surface area contributed by atoms with E-state index in [4.69, 9.17) is 4.74 Å². The summed E-state index contributed by atoms with van der Waals surface area (Å²) in [4.78, 5) is 25.2. The molecule has 1 rings (SSSR count). The molecule has 0 spiro atoms. The third-order valence-corrected chi connectivity index (χ3v) is 3.24. The van der Waals surface area contributed by atoms with Gasteiger partial charge in [-0.2, -0.15) is 0 Å². The Hall–Kier alpha value is -1.14. The average molecular weight is 271 g/mol. The zero-order chi connectivity index (χ0) is 14.1. The van der Waals surface area contributed by atoms with Gasteiger partial charge in [0.15, 0.2) is 0 Å². The Kier molecular flexibility index (Phi) is 7.43. The maximum atomic E-state index is 11.5. The highest BCUT2D eigenvalue weighted by Gasteiger charge is 2.15. The summed E-state index contributed by atoms with van der Waals surface area (Å²) in [5, 5.41) is 5.28. The summed E-state index contributed by atoms with van der Waals surface area (Å²) in [7, 11) is 0. The number of nitrogens with one attached hydrogen (secondary N) is 2. The molecule has 0 unspecified atom stereocenters. The second-order valence-electron chi connectivity index (χ2n) is 4.85. The SMILES string of the molecule is CC[C@@H](C)NC(=O)C(=O)NCCCN1CCOCC1. The molecule has 6 heteroatoms. The lowest BCUT2D eigenvalue weighted by Gasteiger charge is -2.26. The Balaban J connectivity index is 2.07. The summed E-state index contributed by atoms with van der Waals surface area (Å²) in [6.45, 7) is 8.76. The fourth-order valence-electron chi connectivity index (χ4n) is 1.80. The normalized spacial score (nSPS) is 17.8. The summed E-state index contributed by atoms with van der Waals surface area (Å²) in [5.41, 5.74) is 0. The smallest absolute Gasteiger partial charge is 0.309 e. The van der Waals surface area contributed by atoms with E-state index in [1.165, 1.54) is 0 Å². The monoisotopic (exact) mass is 271 g/mol. The first-order chi connectivity index (χ1) is 9.13. The van der Waals surface area contributed by atoms with Crippen LogP contribution in [0.15, 0.2) is 0 Å². The predicted octanol–water partition coefficient (Wildman–Crippen LogP) is -0.260. The largest absolute Gasteiger partial charge is 0.379 e. The van der Waals surface area contributed by atoms with Crippen LogP contribution in [0.3, 0.4) is 0 Å². The standard InChI is InChI=1S/C13H25N3O3/c1-3-11(2)15-13(18)12(17)14-5-4-6-16-7-9-19-10-8-16/h11H,3-10H2,1-2H3,(H,14,17)(H,15,18)/t11-/m1/s1. The number of carbonyl (C=O) groups is 2. The molecule has 1 aliphatic heterocycles. The molecular formula is C13H25N3O3. The Bertz CT molecular complexity index is 291. The Morgan fingerprint density at radius 3 is 2.58 bits per heavy atom. The van der Waals surface area contributed by atoms with Gasteiger partial charge in [-0.05, 0) is 26.3 Å². The fraction of sp³-hybridized carbons (Fsp3) is 0.846. The fourth-order valence-corrected chi connectivity index (χ4v) is 1.80. The van der Waals surface area contributed by atoms with Crippen LogP contribution in [0.2, 0.25) is 0 Å². The van der Waals surface area contributed by atoms with Crippen molar-refractivity contribution in [2.75, 3.05) is 39.4 Å². The molecule has 6 nitrogen and oxygen atoms in total. The number of rotatable bonds is 6. The summed E-state index contributed by atoms with van der Waals surface area (Å²) in [6, 6.07) is 0.0339. The van der Waals surface area contributed by atoms with E-state index in [2.05, 4.69) is 15.5 Å². The third kappa shape index (κ3) is 6.54. The van der Waals surface area contributed by atoms with Crippen LogP contribution in [-0.2, 0) is 14.3 Å². The molecule has 110 valence electrons. The van der Waals surface area contributed by atoms with E-state index in [1.54, 1.807) is 0 Å². The molecule has 19 heavy (non-hydrogen) atoms. The van der Waals surface area contributed by atoms with Gasteiger partial charge >= 0.3 is 11.8 Å². The Morgan fingerprint density at radius 1 is 1.26 bits per heavy atom. The molecule has 1 atom stereocenters. The highest BCUT2D eigenvalue weighted by Crippen LogP contribution is 1.97. The lowest BCUT2D eigenvalue weighted by atomic mass is 10.2. The molecule has 2 N–H and O–H groups in total. The van der Waals surface area contributed by atoms with Crippen LogP contribution in [0.5, 0.6) is 0 Å². The highest BCUT2D eigenvalue weighted by molar-refractivity contribution is 6.35. The molecule has 1 aliphatic rings. The van der Waals surface area contributed by atoms with Gasteiger partial charge in [0, 0.05) is 25.7 Å². The van der Waals surface area contributed by atoms with E-state index in [0.717, 1.165) is 45.7 Å². The molecule has 0 aromatic carbocycles. The second-order valence-corrected chi connectivity index (χ2v) is 4.85. The zero-order valence-corrected chi connectivity index (χ0v) is 11.9. The molecule has 0 saturated carbocycles. The van der Waals surface area contributed by atoms with Crippen LogP contribution in [0.1, 0.15) is 26.7 Å². The number of hydrogen-bond acceptors (Lipinski definition) is 4. The van der Waals surface area contributed by atoms with Crippen molar-refractivity contribution in [1.29, 1.82) is 0 Å². The lowest BCUT2D eigenvalue weighted by Crippen LogP contribution is -2.44. The minimum Gasteiger partial charge on any atom is -0.379 e. The zero-order valence-electron chi connectivity index (χ0n) is 11.9. The maximum Gasteiger partial charge on any atom is 0.309 e. The molecule has 0 bridgehead atoms. The summed E-state index contributed by atoms with van der Waals surface area (Å²) >= 11 is 0. The van der Waals surface area contributed by atoms with Gasteiger partial charge in [-0.15, -0.1) is 0 Å². The van der Waals surface area contributed by atoms with E-state index in [0.29, 0.717) is 6.54 Å². The van der Waals surface area contributed by atoms with E-state index < -0.39 is 11.8 Å². The first-order valence-electron chi connectivity index (χ1n) is 7.02. The molecule has 1 fully saturated rings. The predicted molar refractivity (Wildman–Crippen MR) is 72.8 cm³/mol. The molecule has 0 aromatic heterocycles. The van der Waals surface area contributed by atoms with Crippen LogP contribution in [0, 0.1) is 0 Å². The summed E-state index contributed by atoms with van der Waals surface area (Å²) in [6.07, 6.45) is 1.67. The summed E-state index contributed by atoms with van der Waals surface area (Å²) < 4.78 is 5.26. The first kappa shape index (κ1) is 15.9. The van der Waals surface area contributed by atoms with Crippen LogP contribution in [0.25, 0.3) is 0 Å². The van der Waals surface area contributed by atoms with Gasteiger partial charge in [0.25, 0.3) is 0 Å². The molecule has 1 saturated heterocycles. The van der Waals surface area contributed by atoms with E-state index in [-0.39, 0.29) is 6.04 Å². The van der Waals surface area contributed by atoms with Gasteiger partial charge in [-0.25, -0.2) is 0 Å².